The number of likely N-dealkylation sites (tertiary alicyclic amines) is 1. The lowest BCUT2D eigenvalue weighted by Crippen LogP contribution is -2.49. The lowest BCUT2D eigenvalue weighted by molar-refractivity contribution is 0.0698. The largest absolute Gasteiger partial charge is 0.368 e. The third-order valence-corrected chi connectivity index (χ3v) is 7.26. The van der Waals surface area contributed by atoms with E-state index in [0.717, 1.165) is 24.5 Å². The summed E-state index contributed by atoms with van der Waals surface area (Å²) in [6.07, 6.45) is 1.39. The topological polar surface area (TPSA) is 56.8 Å². The van der Waals surface area contributed by atoms with Crippen molar-refractivity contribution in [2.24, 2.45) is 0 Å². The van der Waals surface area contributed by atoms with Gasteiger partial charge in [-0.3, -0.25) is 14.6 Å². The van der Waals surface area contributed by atoms with Gasteiger partial charge in [-0.25, -0.2) is 4.39 Å². The van der Waals surface area contributed by atoms with Crippen LogP contribution < -0.4 is 4.90 Å². The van der Waals surface area contributed by atoms with Gasteiger partial charge >= 0.3 is 0 Å². The average molecular weight is 487 g/mol. The maximum absolute atomic E-state index is 14.1. The number of pyridine rings is 1. The highest BCUT2D eigenvalue weighted by Crippen LogP contribution is 2.31. The molecule has 2 amide bonds. The summed E-state index contributed by atoms with van der Waals surface area (Å²) in [4.78, 5) is 37.1. The SMILES string of the molecule is Cc1ccc(C(=O)N2CCN(c3ccccc3)CC2)c(C2CCN(C(=O)c3ccccc3F)CC2)n1. The Morgan fingerprint density at radius 2 is 1.36 bits per heavy atom. The molecule has 2 aliphatic heterocycles. The molecular weight excluding hydrogens is 455 g/mol. The van der Waals surface area contributed by atoms with Crippen LogP contribution in [0.25, 0.3) is 0 Å². The Kier molecular flexibility index (Phi) is 6.98. The lowest BCUT2D eigenvalue weighted by atomic mass is 9.89. The van der Waals surface area contributed by atoms with Gasteiger partial charge in [0.05, 0.1) is 16.8 Å². The number of benzene rings is 2. The Morgan fingerprint density at radius 3 is 2.06 bits per heavy atom. The highest BCUT2D eigenvalue weighted by molar-refractivity contribution is 5.96. The van der Waals surface area contributed by atoms with Gasteiger partial charge in [-0.1, -0.05) is 30.3 Å². The van der Waals surface area contributed by atoms with Crippen LogP contribution in [0.4, 0.5) is 10.1 Å². The summed E-state index contributed by atoms with van der Waals surface area (Å²) in [5, 5.41) is 0. The van der Waals surface area contributed by atoms with Gasteiger partial charge in [0.1, 0.15) is 5.82 Å². The third-order valence-electron chi connectivity index (χ3n) is 7.26. The van der Waals surface area contributed by atoms with Crippen LogP contribution in [0.1, 0.15) is 50.9 Å². The number of carbonyl (C=O) groups is 2. The van der Waals surface area contributed by atoms with Crippen LogP contribution in [0.2, 0.25) is 0 Å². The molecule has 7 heteroatoms. The van der Waals surface area contributed by atoms with E-state index >= 15 is 0 Å². The monoisotopic (exact) mass is 486 g/mol. The van der Waals surface area contributed by atoms with Crippen molar-refractivity contribution in [3.63, 3.8) is 0 Å². The molecule has 3 heterocycles. The summed E-state index contributed by atoms with van der Waals surface area (Å²) in [5.74, 6) is -0.671. The van der Waals surface area contributed by atoms with Crippen molar-refractivity contribution < 1.29 is 14.0 Å². The summed E-state index contributed by atoms with van der Waals surface area (Å²) in [7, 11) is 0. The maximum Gasteiger partial charge on any atom is 0.256 e. The van der Waals surface area contributed by atoms with Crippen molar-refractivity contribution in [1.29, 1.82) is 0 Å². The van der Waals surface area contributed by atoms with Gasteiger partial charge < -0.3 is 14.7 Å². The Bertz CT molecular complexity index is 1230. The molecular formula is C29H31FN4O2. The van der Waals surface area contributed by atoms with Crippen LogP contribution in [0.3, 0.4) is 0 Å². The molecule has 3 aromatic rings. The highest BCUT2D eigenvalue weighted by atomic mass is 19.1. The molecule has 5 rings (SSSR count). The van der Waals surface area contributed by atoms with E-state index in [-0.39, 0.29) is 23.3 Å². The van der Waals surface area contributed by atoms with Gasteiger partial charge in [0.2, 0.25) is 0 Å². The molecule has 0 saturated carbocycles. The van der Waals surface area contributed by atoms with Crippen LogP contribution in [0.15, 0.2) is 66.7 Å². The fourth-order valence-corrected chi connectivity index (χ4v) is 5.21. The second-order valence-electron chi connectivity index (χ2n) is 9.55. The Morgan fingerprint density at radius 1 is 0.750 bits per heavy atom. The van der Waals surface area contributed by atoms with Crippen molar-refractivity contribution >= 4 is 17.5 Å². The Hall–Kier alpha value is -3.74. The van der Waals surface area contributed by atoms with E-state index < -0.39 is 5.82 Å². The van der Waals surface area contributed by atoms with Gasteiger partial charge in [-0.2, -0.15) is 0 Å². The minimum Gasteiger partial charge on any atom is -0.368 e. The summed E-state index contributed by atoms with van der Waals surface area (Å²) < 4.78 is 14.1. The summed E-state index contributed by atoms with van der Waals surface area (Å²) in [6, 6.07) is 20.2. The zero-order valence-corrected chi connectivity index (χ0v) is 20.6. The average Bonchev–Trinajstić information content (AvgIpc) is 2.93. The van der Waals surface area contributed by atoms with Gasteiger partial charge in [0.15, 0.2) is 0 Å². The second-order valence-corrected chi connectivity index (χ2v) is 9.55. The predicted octanol–water partition coefficient (Wildman–Crippen LogP) is 4.51. The van der Waals surface area contributed by atoms with E-state index in [0.29, 0.717) is 44.6 Å². The van der Waals surface area contributed by atoms with Gasteiger partial charge in [0, 0.05) is 56.6 Å². The predicted molar refractivity (Wildman–Crippen MR) is 138 cm³/mol. The van der Waals surface area contributed by atoms with Crippen LogP contribution in [-0.4, -0.2) is 65.9 Å². The molecule has 2 aliphatic rings. The molecule has 2 fully saturated rings. The molecule has 0 aliphatic carbocycles. The number of aryl methyl sites for hydroxylation is 1. The molecule has 6 nitrogen and oxygen atoms in total. The quantitative estimate of drug-likeness (QED) is 0.545. The number of anilines is 1. The molecule has 0 radical (unpaired) electrons. The summed E-state index contributed by atoms with van der Waals surface area (Å²) in [5.41, 5.74) is 3.64. The van der Waals surface area contributed by atoms with Crippen molar-refractivity contribution in [3.05, 3.63) is 95.1 Å². The van der Waals surface area contributed by atoms with Gasteiger partial charge in [0.25, 0.3) is 11.8 Å². The molecule has 1 aromatic heterocycles. The first-order valence-corrected chi connectivity index (χ1v) is 12.6. The van der Waals surface area contributed by atoms with Gasteiger partial charge in [-0.15, -0.1) is 0 Å². The van der Waals surface area contributed by atoms with E-state index in [9.17, 15) is 14.0 Å². The Balaban J connectivity index is 1.26. The van der Waals surface area contributed by atoms with E-state index in [1.54, 1.807) is 17.0 Å². The van der Waals surface area contributed by atoms with E-state index in [4.69, 9.17) is 4.98 Å². The molecule has 0 N–H and O–H groups in total. The molecule has 0 atom stereocenters. The second kappa shape index (κ2) is 10.5. The number of hydrogen-bond donors (Lipinski definition) is 0. The van der Waals surface area contributed by atoms with Crippen molar-refractivity contribution in [3.8, 4) is 0 Å². The summed E-state index contributed by atoms with van der Waals surface area (Å²) in [6.45, 7) is 5.87. The fraction of sp³-hybridized carbons (Fsp3) is 0.345. The molecule has 0 bridgehead atoms. The molecule has 186 valence electrons. The maximum atomic E-state index is 14.1. The number of hydrogen-bond acceptors (Lipinski definition) is 4. The number of piperidine rings is 1. The molecule has 0 unspecified atom stereocenters. The number of amides is 2. The van der Waals surface area contributed by atoms with Crippen molar-refractivity contribution in [2.75, 3.05) is 44.2 Å². The lowest BCUT2D eigenvalue weighted by Gasteiger charge is -2.37. The smallest absolute Gasteiger partial charge is 0.256 e. The molecule has 2 saturated heterocycles. The van der Waals surface area contributed by atoms with Crippen LogP contribution in [0, 0.1) is 12.7 Å². The fourth-order valence-electron chi connectivity index (χ4n) is 5.21. The first kappa shape index (κ1) is 24.0. The van der Waals surface area contributed by atoms with Gasteiger partial charge in [-0.05, 0) is 56.2 Å². The summed E-state index contributed by atoms with van der Waals surface area (Å²) >= 11 is 0. The zero-order valence-electron chi connectivity index (χ0n) is 20.6. The number of aromatic nitrogens is 1. The Labute approximate surface area is 211 Å². The van der Waals surface area contributed by atoms with Crippen LogP contribution in [-0.2, 0) is 0 Å². The number of nitrogens with zero attached hydrogens (tertiary/aromatic N) is 4. The normalized spacial score (nSPS) is 16.8. The number of carbonyl (C=O) groups excluding carboxylic acids is 2. The number of halogens is 1. The van der Waals surface area contributed by atoms with E-state index in [1.165, 1.54) is 17.8 Å². The molecule has 2 aromatic carbocycles. The van der Waals surface area contributed by atoms with Crippen molar-refractivity contribution in [2.45, 2.75) is 25.7 Å². The minimum absolute atomic E-state index is 0.0232. The zero-order chi connectivity index (χ0) is 25.1. The van der Waals surface area contributed by atoms with Crippen LogP contribution >= 0.6 is 0 Å². The highest BCUT2D eigenvalue weighted by Gasteiger charge is 2.31. The first-order chi connectivity index (χ1) is 17.5. The molecule has 0 spiro atoms. The van der Waals surface area contributed by atoms with E-state index in [1.807, 2.05) is 42.2 Å². The number of rotatable bonds is 4. The van der Waals surface area contributed by atoms with Crippen LogP contribution in [0.5, 0.6) is 0 Å². The number of piperazine rings is 1. The van der Waals surface area contributed by atoms with E-state index in [2.05, 4.69) is 17.0 Å². The van der Waals surface area contributed by atoms with Crippen molar-refractivity contribution in [1.82, 2.24) is 14.8 Å². The standard InChI is InChI=1S/C29H31FN4O2/c1-21-11-12-25(29(36)34-19-17-32(18-20-34)23-7-3-2-4-8-23)27(31-21)22-13-15-33(16-14-22)28(35)24-9-5-6-10-26(24)30/h2-12,22H,13-20H2,1H3. The minimum atomic E-state index is -0.495. The molecule has 36 heavy (non-hydrogen) atoms. The number of para-hydroxylation sites is 1. The third kappa shape index (κ3) is 4.96. The first-order valence-electron chi connectivity index (χ1n) is 12.6.